The monoisotopic (exact) mass is 425 g/mol. The number of esters is 1. The number of nitrogens with zero attached hydrogens (tertiary/aromatic N) is 1. The zero-order chi connectivity index (χ0) is 21.1. The molecule has 8 heteroatoms. The number of aromatic nitrogens is 1. The van der Waals surface area contributed by atoms with E-state index in [0.29, 0.717) is 34.4 Å². The predicted octanol–water partition coefficient (Wildman–Crippen LogP) is 4.49. The number of ether oxygens (including phenoxy) is 3. The van der Waals surface area contributed by atoms with E-state index in [1.807, 2.05) is 6.07 Å². The van der Waals surface area contributed by atoms with Gasteiger partial charge in [0.2, 0.25) is 5.78 Å². The molecule has 0 saturated heterocycles. The summed E-state index contributed by atoms with van der Waals surface area (Å²) in [5.74, 6) is 0.952. The first-order valence-corrected chi connectivity index (χ1v) is 9.44. The van der Waals surface area contributed by atoms with Gasteiger partial charge >= 0.3 is 5.97 Å². The summed E-state index contributed by atoms with van der Waals surface area (Å²) in [6.45, 7) is 0. The molecule has 2 aromatic carbocycles. The van der Waals surface area contributed by atoms with Gasteiger partial charge in [-0.3, -0.25) is 9.59 Å². The Morgan fingerprint density at radius 1 is 1.20 bits per heavy atom. The van der Waals surface area contributed by atoms with Crippen LogP contribution in [0.3, 0.4) is 0 Å². The van der Waals surface area contributed by atoms with Crippen molar-refractivity contribution in [2.75, 3.05) is 7.11 Å². The molecule has 0 atom stereocenters. The molecule has 0 fully saturated rings. The minimum Gasteiger partial charge on any atom is -0.479 e. The fourth-order valence-electron chi connectivity index (χ4n) is 2.89. The van der Waals surface area contributed by atoms with Crippen molar-refractivity contribution in [2.24, 2.45) is 0 Å². The summed E-state index contributed by atoms with van der Waals surface area (Å²) in [4.78, 5) is 24.7. The lowest BCUT2D eigenvalue weighted by molar-refractivity contribution is -0.134. The first kappa shape index (κ1) is 19.7. The highest BCUT2D eigenvalue weighted by Gasteiger charge is 2.28. The molecule has 0 unspecified atom stereocenters. The molecular formula is C22H16ClNO6. The van der Waals surface area contributed by atoms with E-state index < -0.39 is 5.97 Å². The van der Waals surface area contributed by atoms with Crippen molar-refractivity contribution < 1.29 is 28.3 Å². The lowest BCUT2D eigenvalue weighted by Crippen LogP contribution is -2.08. The Bertz CT molecular complexity index is 1150. The molecule has 3 aromatic rings. The van der Waals surface area contributed by atoms with Crippen molar-refractivity contribution in [3.8, 4) is 17.4 Å². The van der Waals surface area contributed by atoms with Gasteiger partial charge in [0.15, 0.2) is 5.76 Å². The molecule has 1 aliphatic heterocycles. The average molecular weight is 426 g/mol. The second-order valence-electron chi connectivity index (χ2n) is 6.46. The van der Waals surface area contributed by atoms with E-state index in [2.05, 4.69) is 5.16 Å². The largest absolute Gasteiger partial charge is 0.479 e. The lowest BCUT2D eigenvalue weighted by Gasteiger charge is -2.05. The number of hydrogen-bond donors (Lipinski definition) is 0. The molecule has 0 spiro atoms. The van der Waals surface area contributed by atoms with E-state index in [1.165, 1.54) is 13.2 Å². The van der Waals surface area contributed by atoms with Crippen LogP contribution in [-0.4, -0.2) is 24.0 Å². The van der Waals surface area contributed by atoms with Crippen LogP contribution in [0.15, 0.2) is 58.8 Å². The summed E-state index contributed by atoms with van der Waals surface area (Å²) in [6.07, 6.45) is 2.03. The van der Waals surface area contributed by atoms with Gasteiger partial charge in [-0.2, -0.15) is 0 Å². The molecule has 2 heterocycles. The average Bonchev–Trinajstić information content (AvgIpc) is 3.31. The van der Waals surface area contributed by atoms with Gasteiger partial charge in [-0.1, -0.05) is 23.7 Å². The fraction of sp³-hybridized carbons (Fsp3) is 0.136. The molecule has 0 saturated carbocycles. The van der Waals surface area contributed by atoms with Gasteiger partial charge in [0.05, 0.1) is 19.1 Å². The van der Waals surface area contributed by atoms with Crippen molar-refractivity contribution >= 4 is 29.4 Å². The number of fused-ring (bicyclic) bond motifs is 1. The van der Waals surface area contributed by atoms with Crippen LogP contribution in [0.5, 0.6) is 17.4 Å². The van der Waals surface area contributed by atoms with Gasteiger partial charge in [0.1, 0.15) is 17.3 Å². The Labute approximate surface area is 176 Å². The van der Waals surface area contributed by atoms with E-state index in [0.717, 1.165) is 5.56 Å². The van der Waals surface area contributed by atoms with Crippen LogP contribution in [0.4, 0.5) is 0 Å². The number of carbonyl (C=O) groups is 2. The molecule has 0 aliphatic carbocycles. The molecule has 0 N–H and O–H groups in total. The quantitative estimate of drug-likeness (QED) is 0.326. The van der Waals surface area contributed by atoms with E-state index in [-0.39, 0.29) is 23.7 Å². The Kier molecular flexibility index (Phi) is 5.54. The maximum absolute atomic E-state index is 12.5. The van der Waals surface area contributed by atoms with Gasteiger partial charge in [0, 0.05) is 23.6 Å². The van der Waals surface area contributed by atoms with Crippen molar-refractivity contribution in [3.63, 3.8) is 0 Å². The van der Waals surface area contributed by atoms with Crippen LogP contribution in [0.1, 0.15) is 28.1 Å². The predicted molar refractivity (Wildman–Crippen MR) is 108 cm³/mol. The van der Waals surface area contributed by atoms with Crippen molar-refractivity contribution in [1.29, 1.82) is 0 Å². The standard InChI is InChI=1S/C22H16ClNO6/c1-27-20-12-16(30-24-20)6-8-21(25)28-15-5-7-17-18(11-15)29-19(22(17)26)10-13-3-2-4-14(23)9-13/h2-5,7,9-12H,6,8H2,1H3/b19-10-. The van der Waals surface area contributed by atoms with E-state index >= 15 is 0 Å². The normalized spacial score (nSPS) is 13.8. The molecule has 0 radical (unpaired) electrons. The number of rotatable bonds is 6. The molecule has 1 aliphatic rings. The van der Waals surface area contributed by atoms with Gasteiger partial charge in [-0.25, -0.2) is 0 Å². The summed E-state index contributed by atoms with van der Waals surface area (Å²) < 4.78 is 21.0. The minimum atomic E-state index is -0.454. The molecule has 30 heavy (non-hydrogen) atoms. The Morgan fingerprint density at radius 2 is 2.07 bits per heavy atom. The van der Waals surface area contributed by atoms with Crippen LogP contribution < -0.4 is 14.2 Å². The number of allylic oxidation sites excluding steroid dienone is 1. The van der Waals surface area contributed by atoms with Crippen LogP contribution in [0, 0.1) is 0 Å². The van der Waals surface area contributed by atoms with E-state index in [1.54, 1.807) is 42.5 Å². The van der Waals surface area contributed by atoms with Crippen molar-refractivity contribution in [1.82, 2.24) is 5.16 Å². The number of carbonyl (C=O) groups excluding carboxylic acids is 2. The lowest BCUT2D eigenvalue weighted by atomic mass is 10.1. The zero-order valence-corrected chi connectivity index (χ0v) is 16.6. The molecular weight excluding hydrogens is 410 g/mol. The number of halogens is 1. The number of Topliss-reactive ketones (excluding diaryl/α,β-unsaturated/α-hetero) is 1. The third-order valence-corrected chi connectivity index (χ3v) is 4.58. The molecule has 4 rings (SSSR count). The van der Waals surface area contributed by atoms with Crippen LogP contribution in [0.25, 0.3) is 6.08 Å². The molecule has 7 nitrogen and oxygen atoms in total. The highest BCUT2D eigenvalue weighted by molar-refractivity contribution is 6.30. The van der Waals surface area contributed by atoms with Crippen LogP contribution >= 0.6 is 11.6 Å². The molecule has 0 amide bonds. The van der Waals surface area contributed by atoms with Crippen LogP contribution in [0.2, 0.25) is 5.02 Å². The minimum absolute atomic E-state index is 0.0924. The van der Waals surface area contributed by atoms with Gasteiger partial charge in [-0.15, -0.1) is 0 Å². The third-order valence-electron chi connectivity index (χ3n) is 4.34. The number of hydrogen-bond acceptors (Lipinski definition) is 7. The SMILES string of the molecule is COc1cc(CCC(=O)Oc2ccc3c(c2)O/C(=C\c2cccc(Cl)c2)C3=O)on1. The highest BCUT2D eigenvalue weighted by atomic mass is 35.5. The van der Waals surface area contributed by atoms with Crippen LogP contribution in [-0.2, 0) is 11.2 Å². The second-order valence-corrected chi connectivity index (χ2v) is 6.90. The number of aryl methyl sites for hydroxylation is 1. The first-order valence-electron chi connectivity index (χ1n) is 9.06. The molecule has 0 bridgehead atoms. The first-order chi connectivity index (χ1) is 14.5. The molecule has 152 valence electrons. The van der Waals surface area contributed by atoms with Crippen molar-refractivity contribution in [3.05, 3.63) is 76.2 Å². The number of ketones is 1. The summed E-state index contributed by atoms with van der Waals surface area (Å²) in [5, 5.41) is 4.23. The Morgan fingerprint density at radius 3 is 2.83 bits per heavy atom. The van der Waals surface area contributed by atoms with E-state index in [4.69, 9.17) is 30.3 Å². The van der Waals surface area contributed by atoms with Crippen molar-refractivity contribution in [2.45, 2.75) is 12.8 Å². The zero-order valence-electron chi connectivity index (χ0n) is 15.9. The number of methoxy groups -OCH3 is 1. The fourth-order valence-corrected chi connectivity index (χ4v) is 3.09. The summed E-state index contributed by atoms with van der Waals surface area (Å²) >= 11 is 5.98. The Balaban J connectivity index is 1.41. The molecule has 1 aromatic heterocycles. The van der Waals surface area contributed by atoms with Gasteiger partial charge in [0.25, 0.3) is 5.88 Å². The summed E-state index contributed by atoms with van der Waals surface area (Å²) in [5.41, 5.74) is 1.14. The summed E-state index contributed by atoms with van der Waals surface area (Å²) in [6, 6.07) is 13.3. The van der Waals surface area contributed by atoms with Gasteiger partial charge < -0.3 is 18.7 Å². The smallest absolute Gasteiger partial charge is 0.311 e. The van der Waals surface area contributed by atoms with Gasteiger partial charge in [-0.05, 0) is 41.1 Å². The maximum Gasteiger partial charge on any atom is 0.311 e. The highest BCUT2D eigenvalue weighted by Crippen LogP contribution is 2.35. The second kappa shape index (κ2) is 8.42. The Hall–Kier alpha value is -3.58. The maximum atomic E-state index is 12.5. The van der Waals surface area contributed by atoms with E-state index in [9.17, 15) is 9.59 Å². The third kappa shape index (κ3) is 4.36. The topological polar surface area (TPSA) is 87.9 Å². The number of benzene rings is 2. The summed E-state index contributed by atoms with van der Waals surface area (Å²) in [7, 11) is 1.48.